The summed E-state index contributed by atoms with van der Waals surface area (Å²) >= 11 is 11.7. The first-order valence-electron chi connectivity index (χ1n) is 7.79. The third-order valence-electron chi connectivity index (χ3n) is 3.82. The minimum Gasteiger partial charge on any atom is -0.308 e. The SMILES string of the molecule is O=C(Nc1ccc(Cl)cc1)Nc1nc(Cl)nc(C2CCCCC2=O)n1. The zero-order valence-electron chi connectivity index (χ0n) is 13.1. The van der Waals surface area contributed by atoms with Crippen molar-refractivity contribution >= 4 is 46.7 Å². The topological polar surface area (TPSA) is 96.9 Å². The standard InChI is InChI=1S/C16H15Cl2N5O2/c17-9-5-7-10(8-6-9)19-16(25)23-15-21-13(20-14(18)22-15)11-3-1-2-4-12(11)24/h5-8,11H,1-4H2,(H2,19,20,21,22,23,25). The number of carbonyl (C=O) groups excluding carboxylic acids is 2. The van der Waals surface area contributed by atoms with Gasteiger partial charge in [0.05, 0.1) is 5.92 Å². The molecule has 130 valence electrons. The fourth-order valence-electron chi connectivity index (χ4n) is 2.63. The van der Waals surface area contributed by atoms with Crippen LogP contribution >= 0.6 is 23.2 Å². The molecule has 1 aromatic carbocycles. The van der Waals surface area contributed by atoms with Crippen LogP contribution in [0.15, 0.2) is 24.3 Å². The van der Waals surface area contributed by atoms with Crippen molar-refractivity contribution < 1.29 is 9.59 Å². The minimum absolute atomic E-state index is 0.000151. The lowest BCUT2D eigenvalue weighted by atomic mass is 9.87. The van der Waals surface area contributed by atoms with Crippen LogP contribution < -0.4 is 10.6 Å². The van der Waals surface area contributed by atoms with Gasteiger partial charge in [-0.2, -0.15) is 9.97 Å². The van der Waals surface area contributed by atoms with Gasteiger partial charge in [-0.3, -0.25) is 10.1 Å². The predicted octanol–water partition coefficient (Wildman–Crippen LogP) is 4.05. The van der Waals surface area contributed by atoms with Crippen LogP contribution in [0.1, 0.15) is 37.4 Å². The second-order valence-corrected chi connectivity index (χ2v) is 6.41. The second-order valence-electron chi connectivity index (χ2n) is 5.64. The molecule has 9 heteroatoms. The van der Waals surface area contributed by atoms with E-state index in [0.29, 0.717) is 29.4 Å². The Kier molecular flexibility index (Phi) is 5.45. The Morgan fingerprint density at radius 2 is 1.80 bits per heavy atom. The summed E-state index contributed by atoms with van der Waals surface area (Å²) in [7, 11) is 0. The summed E-state index contributed by atoms with van der Waals surface area (Å²) in [6, 6.07) is 6.10. The Bertz CT molecular complexity index is 798. The maximum atomic E-state index is 12.1. The van der Waals surface area contributed by atoms with Gasteiger partial charge in [-0.1, -0.05) is 18.0 Å². The fourth-order valence-corrected chi connectivity index (χ4v) is 2.92. The van der Waals surface area contributed by atoms with Crippen molar-refractivity contribution in [1.29, 1.82) is 0 Å². The molecule has 25 heavy (non-hydrogen) atoms. The summed E-state index contributed by atoms with van der Waals surface area (Å²) in [4.78, 5) is 36.2. The van der Waals surface area contributed by atoms with E-state index < -0.39 is 11.9 Å². The van der Waals surface area contributed by atoms with E-state index in [1.807, 2.05) is 0 Å². The van der Waals surface area contributed by atoms with Gasteiger partial charge in [0.25, 0.3) is 0 Å². The highest BCUT2D eigenvalue weighted by atomic mass is 35.5. The molecule has 1 aliphatic rings. The van der Waals surface area contributed by atoms with Gasteiger partial charge in [0.2, 0.25) is 11.2 Å². The van der Waals surface area contributed by atoms with Gasteiger partial charge < -0.3 is 5.32 Å². The zero-order chi connectivity index (χ0) is 17.8. The van der Waals surface area contributed by atoms with E-state index in [1.54, 1.807) is 24.3 Å². The van der Waals surface area contributed by atoms with Gasteiger partial charge in [0.15, 0.2) is 0 Å². The third kappa shape index (κ3) is 4.64. The summed E-state index contributed by atoms with van der Waals surface area (Å²) in [5, 5.41) is 5.63. The second kappa shape index (κ2) is 7.76. The van der Waals surface area contributed by atoms with Crippen LogP contribution in [0.5, 0.6) is 0 Å². The molecule has 1 atom stereocenters. The number of urea groups is 1. The first kappa shape index (κ1) is 17.6. The molecule has 1 aromatic heterocycles. The van der Waals surface area contributed by atoms with Crippen LogP contribution in [0.25, 0.3) is 0 Å². The third-order valence-corrected chi connectivity index (χ3v) is 4.24. The molecule has 1 unspecified atom stereocenters. The van der Waals surface area contributed by atoms with Gasteiger partial charge >= 0.3 is 6.03 Å². The molecular formula is C16H15Cl2N5O2. The van der Waals surface area contributed by atoms with E-state index in [4.69, 9.17) is 23.2 Å². The molecular weight excluding hydrogens is 365 g/mol. The van der Waals surface area contributed by atoms with Crippen LogP contribution in [0.2, 0.25) is 10.3 Å². The molecule has 1 saturated carbocycles. The Labute approximate surface area is 154 Å². The van der Waals surface area contributed by atoms with Gasteiger partial charge in [-0.05, 0) is 48.7 Å². The highest BCUT2D eigenvalue weighted by molar-refractivity contribution is 6.30. The number of Topliss-reactive ketones (excluding diaryl/α,β-unsaturated/α-hetero) is 1. The normalized spacial score (nSPS) is 17.2. The molecule has 0 aliphatic heterocycles. The number of amides is 2. The number of hydrogen-bond acceptors (Lipinski definition) is 5. The Balaban J connectivity index is 1.72. The number of anilines is 2. The highest BCUT2D eigenvalue weighted by Crippen LogP contribution is 2.28. The highest BCUT2D eigenvalue weighted by Gasteiger charge is 2.27. The average Bonchev–Trinajstić information content (AvgIpc) is 2.57. The lowest BCUT2D eigenvalue weighted by Crippen LogP contribution is -2.24. The Morgan fingerprint density at radius 1 is 1.04 bits per heavy atom. The fraction of sp³-hybridized carbons (Fsp3) is 0.312. The van der Waals surface area contributed by atoms with E-state index in [9.17, 15) is 9.59 Å². The van der Waals surface area contributed by atoms with Gasteiger partial charge in [-0.15, -0.1) is 0 Å². The van der Waals surface area contributed by atoms with Crippen molar-refractivity contribution in [2.24, 2.45) is 0 Å². The van der Waals surface area contributed by atoms with Crippen LogP contribution in [0, 0.1) is 0 Å². The molecule has 1 aliphatic carbocycles. The first-order chi connectivity index (χ1) is 12.0. The smallest absolute Gasteiger partial charge is 0.308 e. The number of nitrogens with zero attached hydrogens (tertiary/aromatic N) is 3. The van der Waals surface area contributed by atoms with E-state index in [-0.39, 0.29) is 17.0 Å². The number of benzene rings is 1. The number of hydrogen-bond donors (Lipinski definition) is 2. The molecule has 0 spiro atoms. The maximum Gasteiger partial charge on any atom is 0.326 e. The molecule has 7 nitrogen and oxygen atoms in total. The van der Waals surface area contributed by atoms with E-state index >= 15 is 0 Å². The quantitative estimate of drug-likeness (QED) is 0.837. The summed E-state index contributed by atoms with van der Waals surface area (Å²) in [6.45, 7) is 0. The average molecular weight is 380 g/mol. The van der Waals surface area contributed by atoms with Crippen molar-refractivity contribution in [3.8, 4) is 0 Å². The lowest BCUT2D eigenvalue weighted by molar-refractivity contribution is -0.122. The molecule has 3 rings (SSSR count). The van der Waals surface area contributed by atoms with Gasteiger partial charge in [0, 0.05) is 17.1 Å². The number of ketones is 1. The van der Waals surface area contributed by atoms with Crippen molar-refractivity contribution in [2.75, 3.05) is 10.6 Å². The largest absolute Gasteiger partial charge is 0.326 e. The summed E-state index contributed by atoms with van der Waals surface area (Å²) < 4.78 is 0. The van der Waals surface area contributed by atoms with Crippen LogP contribution in [0.4, 0.5) is 16.4 Å². The molecule has 1 heterocycles. The Hall–Kier alpha value is -2.25. The molecule has 0 saturated heterocycles. The number of rotatable bonds is 3. The summed E-state index contributed by atoms with van der Waals surface area (Å²) in [6.07, 6.45) is 2.99. The lowest BCUT2D eigenvalue weighted by Gasteiger charge is -2.19. The number of carbonyl (C=O) groups is 2. The maximum absolute atomic E-state index is 12.1. The molecule has 2 aromatic rings. The monoisotopic (exact) mass is 379 g/mol. The van der Waals surface area contributed by atoms with Crippen LogP contribution in [-0.2, 0) is 4.79 Å². The van der Waals surface area contributed by atoms with Gasteiger partial charge in [0.1, 0.15) is 11.6 Å². The zero-order valence-corrected chi connectivity index (χ0v) is 14.6. The van der Waals surface area contributed by atoms with E-state index in [2.05, 4.69) is 25.6 Å². The van der Waals surface area contributed by atoms with Crippen LogP contribution in [0.3, 0.4) is 0 Å². The summed E-state index contributed by atoms with van der Waals surface area (Å²) in [5.74, 6) is -0.00876. The molecule has 1 fully saturated rings. The van der Waals surface area contributed by atoms with Crippen molar-refractivity contribution in [1.82, 2.24) is 15.0 Å². The number of nitrogens with one attached hydrogen (secondary N) is 2. The van der Waals surface area contributed by atoms with Crippen molar-refractivity contribution in [3.05, 3.63) is 40.4 Å². The number of aromatic nitrogens is 3. The minimum atomic E-state index is -0.537. The molecule has 2 N–H and O–H groups in total. The molecule has 0 bridgehead atoms. The van der Waals surface area contributed by atoms with Crippen molar-refractivity contribution in [2.45, 2.75) is 31.6 Å². The molecule has 2 amide bonds. The number of halogens is 2. The summed E-state index contributed by atoms with van der Waals surface area (Å²) in [5.41, 5.74) is 0.560. The van der Waals surface area contributed by atoms with Gasteiger partial charge in [-0.25, -0.2) is 9.78 Å². The van der Waals surface area contributed by atoms with Crippen molar-refractivity contribution in [3.63, 3.8) is 0 Å². The van der Waals surface area contributed by atoms with E-state index in [0.717, 1.165) is 12.8 Å². The van der Waals surface area contributed by atoms with E-state index in [1.165, 1.54) is 0 Å². The Morgan fingerprint density at radius 3 is 2.52 bits per heavy atom. The first-order valence-corrected chi connectivity index (χ1v) is 8.54. The predicted molar refractivity (Wildman–Crippen MR) is 95.1 cm³/mol. The van der Waals surface area contributed by atoms with Crippen LogP contribution in [-0.4, -0.2) is 26.8 Å². The molecule has 0 radical (unpaired) electrons.